The maximum absolute atomic E-state index is 11.8. The molecule has 0 aliphatic carbocycles. The van der Waals surface area contributed by atoms with Gasteiger partial charge in [0, 0.05) is 35.9 Å². The second-order valence-electron chi connectivity index (χ2n) is 4.47. The number of nitrogens with one attached hydrogen (secondary N) is 1. The summed E-state index contributed by atoms with van der Waals surface area (Å²) in [7, 11) is -0.876. The standard InChI is InChI=1S/C11H22N2O4S/c1-5-13(11(2,3)9(14)15)10(16)12-7-6-8-18(4)17/h5-8H2,1-4H3,(H,12,16)(H,14,15). The van der Waals surface area contributed by atoms with Crippen LogP contribution in [-0.2, 0) is 15.6 Å². The summed E-state index contributed by atoms with van der Waals surface area (Å²) in [5, 5.41) is 11.7. The lowest BCUT2D eigenvalue weighted by Crippen LogP contribution is -2.56. The fraction of sp³-hybridized carbons (Fsp3) is 0.818. The molecule has 1 atom stereocenters. The van der Waals surface area contributed by atoms with Gasteiger partial charge in [0.15, 0.2) is 0 Å². The van der Waals surface area contributed by atoms with Crippen molar-refractivity contribution in [3.8, 4) is 0 Å². The number of hydrogen-bond acceptors (Lipinski definition) is 3. The number of likely N-dealkylation sites (N-methyl/N-ethyl adjacent to an activating group) is 1. The first kappa shape index (κ1) is 16.9. The number of urea groups is 1. The Hall–Kier alpha value is -1.11. The summed E-state index contributed by atoms with van der Waals surface area (Å²) in [6, 6.07) is -0.410. The van der Waals surface area contributed by atoms with Gasteiger partial charge in [0.25, 0.3) is 0 Å². The highest BCUT2D eigenvalue weighted by Gasteiger charge is 2.36. The van der Waals surface area contributed by atoms with Crippen molar-refractivity contribution in [3.05, 3.63) is 0 Å². The lowest BCUT2D eigenvalue weighted by Gasteiger charge is -2.34. The number of carboxylic acid groups (broad SMARTS) is 1. The molecule has 6 nitrogen and oxygen atoms in total. The number of rotatable bonds is 7. The Balaban J connectivity index is 4.37. The highest BCUT2D eigenvalue weighted by molar-refractivity contribution is 7.84. The Morgan fingerprint density at radius 2 is 1.94 bits per heavy atom. The van der Waals surface area contributed by atoms with Gasteiger partial charge in [-0.2, -0.15) is 0 Å². The summed E-state index contributed by atoms with van der Waals surface area (Å²) in [6.45, 7) is 5.40. The van der Waals surface area contributed by atoms with Gasteiger partial charge in [0.05, 0.1) is 0 Å². The number of carbonyl (C=O) groups excluding carboxylic acids is 1. The highest BCUT2D eigenvalue weighted by Crippen LogP contribution is 2.14. The zero-order valence-corrected chi connectivity index (χ0v) is 12.2. The number of nitrogens with zero attached hydrogens (tertiary/aromatic N) is 1. The third-order valence-electron chi connectivity index (χ3n) is 2.64. The first-order valence-corrected chi connectivity index (χ1v) is 7.55. The number of hydrogen-bond donors (Lipinski definition) is 2. The molecule has 0 radical (unpaired) electrons. The molecule has 18 heavy (non-hydrogen) atoms. The number of aliphatic carboxylic acids is 1. The number of amides is 2. The monoisotopic (exact) mass is 278 g/mol. The van der Waals surface area contributed by atoms with E-state index >= 15 is 0 Å². The molecule has 0 fully saturated rings. The molecule has 2 amide bonds. The Labute approximate surface area is 110 Å². The van der Waals surface area contributed by atoms with Gasteiger partial charge in [-0.3, -0.25) is 4.21 Å². The van der Waals surface area contributed by atoms with Crippen molar-refractivity contribution in [1.82, 2.24) is 10.2 Å². The van der Waals surface area contributed by atoms with Gasteiger partial charge in [-0.25, -0.2) is 9.59 Å². The van der Waals surface area contributed by atoms with E-state index in [-0.39, 0.29) is 0 Å². The van der Waals surface area contributed by atoms with Gasteiger partial charge < -0.3 is 15.3 Å². The molecular weight excluding hydrogens is 256 g/mol. The first-order valence-electron chi connectivity index (χ1n) is 5.82. The van der Waals surface area contributed by atoms with E-state index < -0.39 is 28.3 Å². The van der Waals surface area contributed by atoms with Crippen molar-refractivity contribution in [3.63, 3.8) is 0 Å². The number of carboxylic acids is 1. The second-order valence-corrected chi connectivity index (χ2v) is 6.03. The molecule has 106 valence electrons. The van der Waals surface area contributed by atoms with Crippen molar-refractivity contribution in [2.75, 3.05) is 25.1 Å². The van der Waals surface area contributed by atoms with E-state index in [1.54, 1.807) is 13.2 Å². The SMILES string of the molecule is CCN(C(=O)NCCCS(C)=O)C(C)(C)C(=O)O. The minimum absolute atomic E-state index is 0.310. The predicted molar refractivity (Wildman–Crippen MR) is 71.0 cm³/mol. The zero-order valence-electron chi connectivity index (χ0n) is 11.4. The van der Waals surface area contributed by atoms with Crippen LogP contribution in [0.15, 0.2) is 0 Å². The molecule has 0 saturated carbocycles. The molecule has 0 aromatic carbocycles. The fourth-order valence-corrected chi connectivity index (χ4v) is 2.03. The van der Waals surface area contributed by atoms with Gasteiger partial charge in [-0.1, -0.05) is 0 Å². The van der Waals surface area contributed by atoms with E-state index in [2.05, 4.69) is 5.32 Å². The fourth-order valence-electron chi connectivity index (χ4n) is 1.47. The van der Waals surface area contributed by atoms with Gasteiger partial charge in [-0.15, -0.1) is 0 Å². The van der Waals surface area contributed by atoms with Crippen LogP contribution < -0.4 is 5.32 Å². The van der Waals surface area contributed by atoms with E-state index in [0.29, 0.717) is 25.3 Å². The molecular formula is C11H22N2O4S. The van der Waals surface area contributed by atoms with E-state index in [9.17, 15) is 13.8 Å². The van der Waals surface area contributed by atoms with Crippen LogP contribution >= 0.6 is 0 Å². The zero-order chi connectivity index (χ0) is 14.3. The smallest absolute Gasteiger partial charge is 0.329 e. The molecule has 2 N–H and O–H groups in total. The summed E-state index contributed by atoms with van der Waals surface area (Å²) in [5.74, 6) is -0.525. The van der Waals surface area contributed by atoms with E-state index in [0.717, 1.165) is 0 Å². The van der Waals surface area contributed by atoms with Crippen LogP contribution in [0.3, 0.4) is 0 Å². The molecule has 0 aliphatic heterocycles. The minimum Gasteiger partial charge on any atom is -0.480 e. The predicted octanol–water partition coefficient (Wildman–Crippen LogP) is 0.650. The molecule has 0 rings (SSSR count). The molecule has 0 heterocycles. The maximum Gasteiger partial charge on any atom is 0.329 e. The lowest BCUT2D eigenvalue weighted by molar-refractivity contribution is -0.147. The van der Waals surface area contributed by atoms with Crippen molar-refractivity contribution >= 4 is 22.8 Å². The van der Waals surface area contributed by atoms with Crippen LogP contribution in [-0.4, -0.2) is 56.9 Å². The molecule has 7 heteroatoms. The van der Waals surface area contributed by atoms with Crippen LogP contribution in [0.2, 0.25) is 0 Å². The topological polar surface area (TPSA) is 86.7 Å². The van der Waals surface area contributed by atoms with Crippen molar-refractivity contribution in [2.24, 2.45) is 0 Å². The van der Waals surface area contributed by atoms with Crippen molar-refractivity contribution < 1.29 is 18.9 Å². The summed E-state index contributed by atoms with van der Waals surface area (Å²) in [6.07, 6.45) is 2.22. The van der Waals surface area contributed by atoms with Crippen LogP contribution in [0, 0.1) is 0 Å². The molecule has 1 unspecified atom stereocenters. The largest absolute Gasteiger partial charge is 0.480 e. The van der Waals surface area contributed by atoms with Gasteiger partial charge >= 0.3 is 12.0 Å². The third-order valence-corrected chi connectivity index (χ3v) is 3.51. The molecule has 0 aromatic rings. The van der Waals surface area contributed by atoms with Crippen LogP contribution in [0.5, 0.6) is 0 Å². The molecule has 0 aliphatic rings. The molecule has 0 bridgehead atoms. The van der Waals surface area contributed by atoms with Crippen molar-refractivity contribution in [1.29, 1.82) is 0 Å². The normalized spacial score (nSPS) is 12.9. The Bertz CT molecular complexity index is 331. The first-order chi connectivity index (χ1) is 8.23. The average Bonchev–Trinajstić information content (AvgIpc) is 2.24. The van der Waals surface area contributed by atoms with E-state index in [1.807, 2.05) is 0 Å². The summed E-state index contributed by atoms with van der Waals surface area (Å²) >= 11 is 0. The maximum atomic E-state index is 11.8. The Morgan fingerprint density at radius 1 is 1.39 bits per heavy atom. The van der Waals surface area contributed by atoms with E-state index in [4.69, 9.17) is 5.11 Å². The van der Waals surface area contributed by atoms with Gasteiger partial charge in [0.2, 0.25) is 0 Å². The van der Waals surface area contributed by atoms with Gasteiger partial charge in [-0.05, 0) is 27.2 Å². The second kappa shape index (κ2) is 7.35. The van der Waals surface area contributed by atoms with Gasteiger partial charge in [0.1, 0.15) is 5.54 Å². The quantitative estimate of drug-likeness (QED) is 0.669. The molecule has 0 spiro atoms. The summed E-state index contributed by atoms with van der Waals surface area (Å²) in [4.78, 5) is 24.2. The number of carbonyl (C=O) groups is 2. The van der Waals surface area contributed by atoms with Crippen molar-refractivity contribution in [2.45, 2.75) is 32.7 Å². The van der Waals surface area contributed by atoms with Crippen LogP contribution in [0.1, 0.15) is 27.2 Å². The highest BCUT2D eigenvalue weighted by atomic mass is 32.2. The molecule has 0 aromatic heterocycles. The Morgan fingerprint density at radius 3 is 2.33 bits per heavy atom. The van der Waals surface area contributed by atoms with E-state index in [1.165, 1.54) is 18.7 Å². The third kappa shape index (κ3) is 5.03. The summed E-state index contributed by atoms with van der Waals surface area (Å²) in [5.41, 5.74) is -1.24. The minimum atomic E-state index is -1.24. The average molecular weight is 278 g/mol. The van der Waals surface area contributed by atoms with Crippen LogP contribution in [0.4, 0.5) is 4.79 Å². The molecule has 0 saturated heterocycles. The van der Waals surface area contributed by atoms with Crippen LogP contribution in [0.25, 0.3) is 0 Å². The lowest BCUT2D eigenvalue weighted by atomic mass is 10.0. The summed E-state index contributed by atoms with van der Waals surface area (Å²) < 4.78 is 10.8. The Kier molecular flexibility index (Phi) is 6.90.